The van der Waals surface area contributed by atoms with Crippen LogP contribution in [0.2, 0.25) is 0 Å². The molecule has 0 saturated carbocycles. The number of anilines is 1. The average molecular weight is 528 g/mol. The molecule has 39 heavy (non-hydrogen) atoms. The van der Waals surface area contributed by atoms with Crippen LogP contribution in [0.4, 0.5) is 5.69 Å². The van der Waals surface area contributed by atoms with Crippen molar-refractivity contribution in [2.24, 2.45) is 0 Å². The lowest BCUT2D eigenvalue weighted by atomic mass is 9.86. The van der Waals surface area contributed by atoms with Crippen LogP contribution in [0.3, 0.4) is 0 Å². The van der Waals surface area contributed by atoms with E-state index < -0.39 is 5.66 Å². The fourth-order valence-corrected chi connectivity index (χ4v) is 6.14. The van der Waals surface area contributed by atoms with Crippen molar-refractivity contribution in [2.75, 3.05) is 51.3 Å². The maximum absolute atomic E-state index is 14.3. The van der Waals surface area contributed by atoms with E-state index in [1.165, 1.54) is 16.8 Å². The zero-order valence-corrected chi connectivity index (χ0v) is 24.2. The molecule has 2 unspecified atom stereocenters. The molecule has 3 aromatic carbocycles. The summed E-state index contributed by atoms with van der Waals surface area (Å²) in [6.45, 7) is 11.3. The fourth-order valence-electron chi connectivity index (χ4n) is 6.14. The molecule has 0 aromatic heterocycles. The van der Waals surface area contributed by atoms with Gasteiger partial charge in [-0.3, -0.25) is 14.6 Å². The lowest BCUT2D eigenvalue weighted by Gasteiger charge is -2.51. The highest BCUT2D eigenvalue weighted by atomic mass is 16.5. The Hall–Kier alpha value is -2.99. The van der Waals surface area contributed by atoms with Gasteiger partial charge in [0.2, 0.25) is 0 Å². The molecule has 0 radical (unpaired) electrons. The van der Waals surface area contributed by atoms with Crippen molar-refractivity contribution >= 4 is 11.5 Å². The zero-order chi connectivity index (χ0) is 27.7. The van der Waals surface area contributed by atoms with Crippen LogP contribution in [0.1, 0.15) is 43.9 Å². The molecule has 0 aliphatic carbocycles. The molecule has 208 valence electrons. The molecular formula is C34H45N3O2. The summed E-state index contributed by atoms with van der Waals surface area (Å²) in [6, 6.07) is 30.1. The van der Waals surface area contributed by atoms with E-state index >= 15 is 0 Å². The van der Waals surface area contributed by atoms with Crippen molar-refractivity contribution in [1.82, 2.24) is 9.80 Å². The molecule has 0 bridgehead atoms. The van der Waals surface area contributed by atoms with Crippen LogP contribution >= 0.6 is 0 Å². The Balaban J connectivity index is 1.75. The predicted molar refractivity (Wildman–Crippen MR) is 161 cm³/mol. The fraction of sp³-hybridized carbons (Fsp3) is 0.441. The highest BCUT2D eigenvalue weighted by Crippen LogP contribution is 2.37. The van der Waals surface area contributed by atoms with Crippen molar-refractivity contribution < 1.29 is 9.53 Å². The molecule has 0 N–H and O–H groups in total. The number of morpholine rings is 1. The van der Waals surface area contributed by atoms with Crippen LogP contribution in [0.25, 0.3) is 0 Å². The minimum atomic E-state index is -0.865. The number of hydrogen-bond acceptors (Lipinski definition) is 5. The number of likely N-dealkylation sites (N-methyl/N-ethyl adjacent to an activating group) is 2. The highest BCUT2D eigenvalue weighted by molar-refractivity contribution is 5.89. The average Bonchev–Trinajstić information content (AvgIpc) is 2.99. The van der Waals surface area contributed by atoms with Crippen molar-refractivity contribution in [1.29, 1.82) is 0 Å². The summed E-state index contributed by atoms with van der Waals surface area (Å²) in [4.78, 5) is 21.4. The SMILES string of the molecule is CCC(=O)C(c1ccc(N2CCOCC2)cc1)(N(C)CCc1ccccc1)N(CC)C(C)Cc1ccccc1. The molecule has 2 atom stereocenters. The van der Waals surface area contributed by atoms with Gasteiger partial charge in [-0.25, -0.2) is 0 Å². The van der Waals surface area contributed by atoms with E-state index in [1.807, 2.05) is 6.92 Å². The third-order valence-corrected chi connectivity index (χ3v) is 8.15. The summed E-state index contributed by atoms with van der Waals surface area (Å²) >= 11 is 0. The van der Waals surface area contributed by atoms with Crippen LogP contribution in [0.5, 0.6) is 0 Å². The summed E-state index contributed by atoms with van der Waals surface area (Å²) in [5.74, 6) is 0.235. The highest BCUT2D eigenvalue weighted by Gasteiger charge is 2.48. The molecule has 0 amide bonds. The lowest BCUT2D eigenvalue weighted by molar-refractivity contribution is -0.150. The summed E-state index contributed by atoms with van der Waals surface area (Å²) in [5, 5.41) is 0. The topological polar surface area (TPSA) is 36.0 Å². The number of benzene rings is 3. The summed E-state index contributed by atoms with van der Waals surface area (Å²) < 4.78 is 5.56. The van der Waals surface area contributed by atoms with E-state index in [1.54, 1.807) is 0 Å². The Kier molecular flexibility index (Phi) is 10.3. The molecule has 0 spiro atoms. The van der Waals surface area contributed by atoms with Crippen LogP contribution in [0.15, 0.2) is 84.9 Å². The normalized spacial score (nSPS) is 16.3. The lowest BCUT2D eigenvalue weighted by Crippen LogP contribution is -2.64. The van der Waals surface area contributed by atoms with Gasteiger partial charge in [0.15, 0.2) is 11.4 Å². The third kappa shape index (κ3) is 6.60. The third-order valence-electron chi connectivity index (χ3n) is 8.15. The number of Topliss-reactive ketones (excluding diaryl/α,β-unsaturated/α-hetero) is 1. The van der Waals surface area contributed by atoms with Crippen LogP contribution in [-0.4, -0.2) is 68.1 Å². The van der Waals surface area contributed by atoms with E-state index in [4.69, 9.17) is 4.74 Å². The van der Waals surface area contributed by atoms with Crippen LogP contribution in [0, 0.1) is 0 Å². The minimum Gasteiger partial charge on any atom is -0.378 e. The summed E-state index contributed by atoms with van der Waals surface area (Å²) in [5.41, 5.74) is 3.94. The zero-order valence-electron chi connectivity index (χ0n) is 24.2. The maximum Gasteiger partial charge on any atom is 0.172 e. The number of carbonyl (C=O) groups excluding carboxylic acids is 1. The Morgan fingerprint density at radius 1 is 0.897 bits per heavy atom. The smallest absolute Gasteiger partial charge is 0.172 e. The molecule has 1 aliphatic rings. The first kappa shape index (κ1) is 29.0. The van der Waals surface area contributed by atoms with Crippen LogP contribution < -0.4 is 4.90 Å². The molecule has 5 heteroatoms. The van der Waals surface area contributed by atoms with Crippen molar-refractivity contribution in [3.63, 3.8) is 0 Å². The number of ether oxygens (including phenoxy) is 1. The summed E-state index contributed by atoms with van der Waals surface area (Å²) in [7, 11) is 2.13. The van der Waals surface area contributed by atoms with Gasteiger partial charge in [0.25, 0.3) is 0 Å². The Morgan fingerprint density at radius 2 is 1.49 bits per heavy atom. The van der Waals surface area contributed by atoms with E-state index in [0.717, 1.165) is 57.8 Å². The molecule has 1 aliphatic heterocycles. The minimum absolute atomic E-state index is 0.158. The second-order valence-corrected chi connectivity index (χ2v) is 10.6. The largest absolute Gasteiger partial charge is 0.378 e. The predicted octanol–water partition coefficient (Wildman–Crippen LogP) is 5.78. The van der Waals surface area contributed by atoms with Gasteiger partial charge in [0.1, 0.15) is 0 Å². The number of hydrogen-bond donors (Lipinski definition) is 0. The van der Waals surface area contributed by atoms with E-state index in [-0.39, 0.29) is 11.8 Å². The van der Waals surface area contributed by atoms with Gasteiger partial charge >= 0.3 is 0 Å². The first-order valence-corrected chi connectivity index (χ1v) is 14.5. The number of nitrogens with zero attached hydrogens (tertiary/aromatic N) is 3. The number of rotatable bonds is 13. The molecule has 1 heterocycles. The quantitative estimate of drug-likeness (QED) is 0.263. The van der Waals surface area contributed by atoms with Crippen molar-refractivity contribution in [2.45, 2.75) is 51.7 Å². The number of ketones is 1. The molecule has 1 fully saturated rings. The van der Waals surface area contributed by atoms with Gasteiger partial charge < -0.3 is 9.64 Å². The first-order chi connectivity index (χ1) is 19.0. The molecule has 5 nitrogen and oxygen atoms in total. The summed E-state index contributed by atoms with van der Waals surface area (Å²) in [6.07, 6.45) is 2.23. The Morgan fingerprint density at radius 3 is 2.05 bits per heavy atom. The van der Waals surface area contributed by atoms with Crippen LogP contribution in [-0.2, 0) is 28.0 Å². The molecular weight excluding hydrogens is 482 g/mol. The van der Waals surface area contributed by atoms with Gasteiger partial charge in [-0.05, 0) is 62.2 Å². The standard InChI is InChI=1S/C34H45N3O2/c1-5-33(38)34(35(4)22-21-29-13-9-7-10-14-29,37(6-2)28(3)27-30-15-11-8-12-16-30)31-17-19-32(20-18-31)36-23-25-39-26-24-36/h7-20,28H,5-6,21-27H2,1-4H3. The Bertz CT molecular complexity index is 1150. The van der Waals surface area contributed by atoms with Crippen molar-refractivity contribution in [3.8, 4) is 0 Å². The van der Waals surface area contributed by atoms with E-state index in [2.05, 4.69) is 121 Å². The Labute approximate surface area is 235 Å². The van der Waals surface area contributed by atoms with Gasteiger partial charge in [-0.2, -0.15) is 0 Å². The first-order valence-electron chi connectivity index (χ1n) is 14.5. The maximum atomic E-state index is 14.3. The van der Waals surface area contributed by atoms with Crippen molar-refractivity contribution in [3.05, 3.63) is 102 Å². The van der Waals surface area contributed by atoms with Gasteiger partial charge in [-0.1, -0.05) is 86.6 Å². The second-order valence-electron chi connectivity index (χ2n) is 10.6. The van der Waals surface area contributed by atoms with Gasteiger partial charge in [0.05, 0.1) is 13.2 Å². The monoisotopic (exact) mass is 527 g/mol. The van der Waals surface area contributed by atoms with Gasteiger partial charge in [0, 0.05) is 37.8 Å². The van der Waals surface area contributed by atoms with E-state index in [9.17, 15) is 4.79 Å². The molecule has 1 saturated heterocycles. The molecule has 4 rings (SSSR count). The van der Waals surface area contributed by atoms with Gasteiger partial charge in [-0.15, -0.1) is 0 Å². The molecule has 3 aromatic rings. The van der Waals surface area contributed by atoms with E-state index in [0.29, 0.717) is 6.42 Å². The number of carbonyl (C=O) groups is 1. The second kappa shape index (κ2) is 13.9.